The smallest absolute Gasteiger partial charge is 0.295 e. The highest BCUT2D eigenvalue weighted by molar-refractivity contribution is 6.46. The zero-order valence-corrected chi connectivity index (χ0v) is 18.3. The van der Waals surface area contributed by atoms with E-state index in [1.165, 1.54) is 11.2 Å². The summed E-state index contributed by atoms with van der Waals surface area (Å²) in [5.74, 6) is -0.316. The summed E-state index contributed by atoms with van der Waals surface area (Å²) in [6, 6.07) is 9.65. The molecule has 31 heavy (non-hydrogen) atoms. The van der Waals surface area contributed by atoms with Gasteiger partial charge in [0.15, 0.2) is 0 Å². The molecule has 3 rings (SSSR count). The van der Waals surface area contributed by atoms with Crippen LogP contribution in [-0.2, 0) is 9.59 Å². The van der Waals surface area contributed by atoms with E-state index in [1.807, 2.05) is 0 Å². The van der Waals surface area contributed by atoms with Crippen LogP contribution in [0.4, 0.5) is 0 Å². The number of furan rings is 1. The molecule has 1 aliphatic rings. The predicted molar refractivity (Wildman–Crippen MR) is 119 cm³/mol. The molecule has 1 fully saturated rings. The van der Waals surface area contributed by atoms with Gasteiger partial charge in [0, 0.05) is 12.1 Å². The summed E-state index contributed by atoms with van der Waals surface area (Å²) >= 11 is 0. The van der Waals surface area contributed by atoms with Crippen molar-refractivity contribution >= 4 is 17.4 Å². The second kappa shape index (κ2) is 10.8. The summed E-state index contributed by atoms with van der Waals surface area (Å²) in [5, 5.41) is 11.0. The molecule has 1 aliphatic heterocycles. The Hall–Kier alpha value is -3.02. The first-order valence-corrected chi connectivity index (χ1v) is 11.1. The van der Waals surface area contributed by atoms with Crippen LogP contribution < -0.4 is 4.74 Å². The van der Waals surface area contributed by atoms with E-state index in [4.69, 9.17) is 9.15 Å². The number of rotatable bonds is 11. The molecule has 1 aromatic carbocycles. The largest absolute Gasteiger partial charge is 0.507 e. The number of likely N-dealkylation sites (tertiary alicyclic amines) is 1. The highest BCUT2D eigenvalue weighted by Gasteiger charge is 2.47. The average molecular weight is 426 g/mol. The summed E-state index contributed by atoms with van der Waals surface area (Å²) in [5.41, 5.74) is 0.525. The molecular weight excluding hydrogens is 394 g/mol. The lowest BCUT2D eigenvalue weighted by Gasteiger charge is -2.23. The van der Waals surface area contributed by atoms with Crippen LogP contribution >= 0.6 is 0 Å². The molecule has 2 aromatic rings. The number of ether oxygens (including phenoxy) is 1. The molecule has 0 aliphatic carbocycles. The van der Waals surface area contributed by atoms with Gasteiger partial charge in [-0.25, -0.2) is 0 Å². The normalized spacial score (nSPS) is 18.0. The van der Waals surface area contributed by atoms with Crippen molar-refractivity contribution in [3.63, 3.8) is 0 Å². The van der Waals surface area contributed by atoms with Crippen molar-refractivity contribution in [3.8, 4) is 5.75 Å². The van der Waals surface area contributed by atoms with Crippen LogP contribution in [-0.4, -0.2) is 34.8 Å². The van der Waals surface area contributed by atoms with E-state index in [1.54, 1.807) is 36.4 Å². The average Bonchev–Trinajstić information content (AvgIpc) is 3.39. The minimum Gasteiger partial charge on any atom is -0.507 e. The third-order valence-electron chi connectivity index (χ3n) is 5.50. The number of aliphatic hydroxyl groups excluding tert-OH is 1. The lowest BCUT2D eigenvalue weighted by molar-refractivity contribution is -0.140. The highest BCUT2D eigenvalue weighted by atomic mass is 16.5. The van der Waals surface area contributed by atoms with E-state index < -0.39 is 17.7 Å². The van der Waals surface area contributed by atoms with Gasteiger partial charge in [0.05, 0.1) is 18.4 Å². The summed E-state index contributed by atoms with van der Waals surface area (Å²) in [7, 11) is 0. The monoisotopic (exact) mass is 425 g/mol. The standard InChI is InChI=1S/C25H31NO5/c1-3-5-7-15-26-22(20-10-9-17-31-20)21(24(28)25(26)29)23(27)18-11-13-19(14-12-18)30-16-8-6-4-2/h9-14,17,22,27H,3-8,15-16H2,1-2H3/b23-21-. The van der Waals surface area contributed by atoms with Crippen LogP contribution in [0.15, 0.2) is 52.7 Å². The number of unbranched alkanes of at least 4 members (excludes halogenated alkanes) is 4. The number of hydrogen-bond donors (Lipinski definition) is 1. The second-order valence-electron chi connectivity index (χ2n) is 7.79. The molecule has 0 spiro atoms. The first-order valence-electron chi connectivity index (χ1n) is 11.1. The fraction of sp³-hybridized carbons (Fsp3) is 0.440. The number of Topliss-reactive ketones (excluding diaryl/α,β-unsaturated/α-hetero) is 1. The van der Waals surface area contributed by atoms with Gasteiger partial charge in [-0.2, -0.15) is 0 Å². The molecule has 6 nitrogen and oxygen atoms in total. The SMILES string of the molecule is CCCCCOc1ccc(/C(O)=C2/C(=O)C(=O)N(CCCCC)C2c2ccco2)cc1. The Morgan fingerprint density at radius 2 is 1.74 bits per heavy atom. The highest BCUT2D eigenvalue weighted by Crippen LogP contribution is 2.39. The van der Waals surface area contributed by atoms with E-state index >= 15 is 0 Å². The van der Waals surface area contributed by atoms with E-state index in [9.17, 15) is 14.7 Å². The minimum absolute atomic E-state index is 0.0630. The lowest BCUT2D eigenvalue weighted by atomic mass is 9.99. The molecule has 6 heteroatoms. The van der Waals surface area contributed by atoms with Crippen LogP contribution in [0.1, 0.15) is 69.7 Å². The van der Waals surface area contributed by atoms with Crippen LogP contribution in [0, 0.1) is 0 Å². The lowest BCUT2D eigenvalue weighted by Crippen LogP contribution is -2.30. The van der Waals surface area contributed by atoms with Gasteiger partial charge in [0.25, 0.3) is 11.7 Å². The molecule has 166 valence electrons. The van der Waals surface area contributed by atoms with Gasteiger partial charge in [-0.3, -0.25) is 9.59 Å². The quantitative estimate of drug-likeness (QED) is 0.224. The molecule has 0 saturated carbocycles. The summed E-state index contributed by atoms with van der Waals surface area (Å²) in [6.07, 6.45) is 7.47. The fourth-order valence-corrected chi connectivity index (χ4v) is 3.79. The molecule has 1 amide bonds. The maximum atomic E-state index is 12.9. The van der Waals surface area contributed by atoms with Gasteiger partial charge in [0.1, 0.15) is 23.3 Å². The molecule has 1 N–H and O–H groups in total. The predicted octanol–water partition coefficient (Wildman–Crippen LogP) is 5.46. The van der Waals surface area contributed by atoms with Gasteiger partial charge in [0.2, 0.25) is 0 Å². The molecule has 0 bridgehead atoms. The number of carbonyl (C=O) groups is 2. The van der Waals surface area contributed by atoms with Crippen molar-refractivity contribution in [2.75, 3.05) is 13.2 Å². The molecular formula is C25H31NO5. The second-order valence-corrected chi connectivity index (χ2v) is 7.79. The van der Waals surface area contributed by atoms with Crippen molar-refractivity contribution in [3.05, 3.63) is 59.6 Å². The summed E-state index contributed by atoms with van der Waals surface area (Å²) in [4.78, 5) is 27.1. The maximum absolute atomic E-state index is 12.9. The Morgan fingerprint density at radius 3 is 2.39 bits per heavy atom. The molecule has 1 aromatic heterocycles. The molecule has 2 heterocycles. The zero-order valence-electron chi connectivity index (χ0n) is 18.3. The third kappa shape index (κ3) is 5.19. The third-order valence-corrected chi connectivity index (χ3v) is 5.50. The van der Waals surface area contributed by atoms with Crippen molar-refractivity contribution < 1.29 is 23.8 Å². The van der Waals surface area contributed by atoms with E-state index in [-0.39, 0.29) is 11.3 Å². The Balaban J connectivity index is 1.88. The number of hydrogen-bond acceptors (Lipinski definition) is 5. The van der Waals surface area contributed by atoms with E-state index in [0.29, 0.717) is 30.2 Å². The van der Waals surface area contributed by atoms with Gasteiger partial charge in [-0.1, -0.05) is 39.5 Å². The topological polar surface area (TPSA) is 80.0 Å². The van der Waals surface area contributed by atoms with Crippen LogP contribution in [0.3, 0.4) is 0 Å². The molecule has 1 saturated heterocycles. The summed E-state index contributed by atoms with van der Waals surface area (Å²) < 4.78 is 11.3. The Bertz CT molecular complexity index is 899. The maximum Gasteiger partial charge on any atom is 0.295 e. The Morgan fingerprint density at radius 1 is 1.03 bits per heavy atom. The molecule has 0 radical (unpaired) electrons. The number of ketones is 1. The zero-order chi connectivity index (χ0) is 22.2. The van der Waals surface area contributed by atoms with Gasteiger partial charge in [-0.15, -0.1) is 0 Å². The van der Waals surface area contributed by atoms with Gasteiger partial charge in [-0.05, 0) is 49.2 Å². The minimum atomic E-state index is -0.725. The van der Waals surface area contributed by atoms with Crippen molar-refractivity contribution in [2.24, 2.45) is 0 Å². The molecule has 1 atom stereocenters. The van der Waals surface area contributed by atoms with Crippen LogP contribution in [0.5, 0.6) is 5.75 Å². The van der Waals surface area contributed by atoms with Crippen LogP contribution in [0.25, 0.3) is 5.76 Å². The first kappa shape index (κ1) is 22.7. The Kier molecular flexibility index (Phi) is 7.93. The van der Waals surface area contributed by atoms with Crippen molar-refractivity contribution in [1.82, 2.24) is 4.90 Å². The number of aliphatic hydroxyl groups is 1. The number of nitrogens with zero attached hydrogens (tertiary/aromatic N) is 1. The number of carbonyl (C=O) groups excluding carboxylic acids is 2. The van der Waals surface area contributed by atoms with Gasteiger partial charge < -0.3 is 19.2 Å². The van der Waals surface area contributed by atoms with Gasteiger partial charge >= 0.3 is 0 Å². The van der Waals surface area contributed by atoms with E-state index in [2.05, 4.69) is 13.8 Å². The Labute approximate surface area is 183 Å². The molecule has 1 unspecified atom stereocenters. The fourth-order valence-electron chi connectivity index (χ4n) is 3.79. The number of amides is 1. The van der Waals surface area contributed by atoms with Crippen LogP contribution in [0.2, 0.25) is 0 Å². The van der Waals surface area contributed by atoms with Crippen molar-refractivity contribution in [2.45, 2.75) is 58.4 Å². The van der Waals surface area contributed by atoms with Crippen molar-refractivity contribution in [1.29, 1.82) is 0 Å². The first-order chi connectivity index (χ1) is 15.1. The number of benzene rings is 1. The summed E-state index contributed by atoms with van der Waals surface area (Å²) in [6.45, 7) is 5.29. The van der Waals surface area contributed by atoms with E-state index in [0.717, 1.165) is 38.5 Å².